The molecule has 1 amide bonds. The normalized spacial score (nSPS) is 25.4. The largest absolute Gasteiger partial charge is 0.335 e. The Balaban J connectivity index is 1.23. The van der Waals surface area contributed by atoms with Gasteiger partial charge in [0.2, 0.25) is 5.91 Å². The number of carbonyl (C=O) groups is 1. The molecule has 9 heteroatoms. The summed E-state index contributed by atoms with van der Waals surface area (Å²) in [5, 5.41) is 8.69. The highest BCUT2D eigenvalue weighted by molar-refractivity contribution is 7.91. The molecule has 1 unspecified atom stereocenters. The van der Waals surface area contributed by atoms with Crippen molar-refractivity contribution >= 4 is 21.4 Å². The lowest BCUT2D eigenvalue weighted by Crippen LogP contribution is -2.51. The van der Waals surface area contributed by atoms with Crippen LogP contribution in [0.25, 0.3) is 5.65 Å². The number of likely N-dealkylation sites (tertiary alicyclic amines) is 1. The van der Waals surface area contributed by atoms with Gasteiger partial charge in [0.1, 0.15) is 5.82 Å². The van der Waals surface area contributed by atoms with Crippen molar-refractivity contribution in [2.75, 3.05) is 31.1 Å². The number of hydrogen-bond acceptors (Lipinski definition) is 6. The van der Waals surface area contributed by atoms with Gasteiger partial charge in [0.15, 0.2) is 15.5 Å². The number of rotatable bonds is 5. The SMILES string of the molecule is O=C(CN1CCC(c2nnc3ccccn23)CC1)N(C1CCCC1)C1CCS(=O)(=O)C1. The smallest absolute Gasteiger partial charge is 0.237 e. The lowest BCUT2D eigenvalue weighted by Gasteiger charge is -2.37. The van der Waals surface area contributed by atoms with Crippen LogP contribution in [0.2, 0.25) is 0 Å². The molecule has 4 heterocycles. The third-order valence-electron chi connectivity index (χ3n) is 7.26. The molecule has 0 bridgehead atoms. The molecule has 31 heavy (non-hydrogen) atoms. The van der Waals surface area contributed by atoms with Crippen LogP contribution in [0.5, 0.6) is 0 Å². The van der Waals surface area contributed by atoms with Crippen molar-refractivity contribution in [3.63, 3.8) is 0 Å². The van der Waals surface area contributed by atoms with Crippen molar-refractivity contribution in [3.05, 3.63) is 30.2 Å². The maximum atomic E-state index is 13.3. The van der Waals surface area contributed by atoms with E-state index in [4.69, 9.17) is 0 Å². The van der Waals surface area contributed by atoms with E-state index in [0.717, 1.165) is 63.1 Å². The maximum absolute atomic E-state index is 13.3. The predicted octanol–water partition coefficient (Wildman–Crippen LogP) is 1.87. The summed E-state index contributed by atoms with van der Waals surface area (Å²) in [7, 11) is -3.01. The van der Waals surface area contributed by atoms with Gasteiger partial charge >= 0.3 is 0 Å². The molecule has 1 atom stereocenters. The Morgan fingerprint density at radius 1 is 1.03 bits per heavy atom. The number of pyridine rings is 1. The van der Waals surface area contributed by atoms with E-state index in [1.807, 2.05) is 29.3 Å². The highest BCUT2D eigenvalue weighted by Crippen LogP contribution is 2.31. The highest BCUT2D eigenvalue weighted by Gasteiger charge is 2.39. The standard InChI is InChI=1S/C22H31N5O3S/c28-21(27(18-5-1-2-6-18)19-10-14-31(29,30)16-19)15-25-12-8-17(9-13-25)22-24-23-20-7-3-4-11-26(20)22/h3-4,7,11,17-19H,1-2,5-6,8-10,12-16H2. The first-order chi connectivity index (χ1) is 15.0. The second-order valence-electron chi connectivity index (χ2n) is 9.33. The number of nitrogens with zero attached hydrogens (tertiary/aromatic N) is 5. The van der Waals surface area contributed by atoms with Crippen molar-refractivity contribution in [1.82, 2.24) is 24.4 Å². The molecular weight excluding hydrogens is 414 g/mol. The molecule has 2 aliphatic heterocycles. The van der Waals surface area contributed by atoms with Gasteiger partial charge in [-0.15, -0.1) is 10.2 Å². The molecule has 8 nitrogen and oxygen atoms in total. The van der Waals surface area contributed by atoms with Crippen molar-refractivity contribution in [2.45, 2.75) is 62.9 Å². The van der Waals surface area contributed by atoms with E-state index >= 15 is 0 Å². The second kappa shape index (κ2) is 8.50. The average molecular weight is 446 g/mol. The molecule has 168 valence electrons. The molecule has 3 aliphatic rings. The first-order valence-corrected chi connectivity index (χ1v) is 13.4. The summed E-state index contributed by atoms with van der Waals surface area (Å²) in [5.41, 5.74) is 0.869. The van der Waals surface area contributed by atoms with Gasteiger partial charge in [0.05, 0.1) is 18.1 Å². The minimum Gasteiger partial charge on any atom is -0.335 e. The fourth-order valence-electron chi connectivity index (χ4n) is 5.64. The molecule has 0 N–H and O–H groups in total. The van der Waals surface area contributed by atoms with Gasteiger partial charge in [-0.3, -0.25) is 14.1 Å². The Morgan fingerprint density at radius 2 is 1.81 bits per heavy atom. The first kappa shape index (κ1) is 20.9. The zero-order chi connectivity index (χ0) is 21.4. The van der Waals surface area contributed by atoms with Crippen molar-refractivity contribution in [1.29, 1.82) is 0 Å². The number of piperidine rings is 1. The molecule has 0 aromatic carbocycles. The number of sulfone groups is 1. The van der Waals surface area contributed by atoms with Crippen LogP contribution in [-0.4, -0.2) is 81.9 Å². The number of amides is 1. The van der Waals surface area contributed by atoms with Crippen LogP contribution in [0.1, 0.15) is 56.7 Å². The van der Waals surface area contributed by atoms with Crippen LogP contribution in [0, 0.1) is 0 Å². The van der Waals surface area contributed by atoms with E-state index in [1.54, 1.807) is 0 Å². The summed E-state index contributed by atoms with van der Waals surface area (Å²) in [6.07, 6.45) is 8.77. The Bertz CT molecular complexity index is 1040. The molecule has 2 aromatic rings. The molecule has 0 spiro atoms. The van der Waals surface area contributed by atoms with Gasteiger partial charge in [-0.05, 0) is 57.3 Å². The third-order valence-corrected chi connectivity index (χ3v) is 9.01. The summed E-state index contributed by atoms with van der Waals surface area (Å²) in [6, 6.07) is 6.00. The summed E-state index contributed by atoms with van der Waals surface area (Å²) >= 11 is 0. The number of hydrogen-bond donors (Lipinski definition) is 0. The summed E-state index contributed by atoms with van der Waals surface area (Å²) < 4.78 is 26.2. The molecule has 0 radical (unpaired) electrons. The fraction of sp³-hybridized carbons (Fsp3) is 0.682. The van der Waals surface area contributed by atoms with Gasteiger partial charge in [0.25, 0.3) is 0 Å². The van der Waals surface area contributed by atoms with Crippen LogP contribution in [0.15, 0.2) is 24.4 Å². The van der Waals surface area contributed by atoms with Gasteiger partial charge in [0, 0.05) is 24.2 Å². The van der Waals surface area contributed by atoms with Crippen LogP contribution >= 0.6 is 0 Å². The summed E-state index contributed by atoms with van der Waals surface area (Å²) in [5.74, 6) is 1.81. The van der Waals surface area contributed by atoms with E-state index in [0.29, 0.717) is 18.9 Å². The molecule has 1 saturated carbocycles. The highest BCUT2D eigenvalue weighted by atomic mass is 32.2. The molecule has 2 saturated heterocycles. The van der Waals surface area contributed by atoms with Gasteiger partial charge in [-0.25, -0.2) is 8.42 Å². The monoisotopic (exact) mass is 445 g/mol. The lowest BCUT2D eigenvalue weighted by atomic mass is 9.96. The number of aromatic nitrogens is 3. The topological polar surface area (TPSA) is 87.9 Å². The van der Waals surface area contributed by atoms with E-state index in [1.165, 1.54) is 0 Å². The molecule has 1 aliphatic carbocycles. The van der Waals surface area contributed by atoms with Crippen LogP contribution in [0.3, 0.4) is 0 Å². The quantitative estimate of drug-likeness (QED) is 0.698. The molecule has 5 rings (SSSR count). The number of carbonyl (C=O) groups excluding carboxylic acids is 1. The van der Waals surface area contributed by atoms with Gasteiger partial charge < -0.3 is 4.90 Å². The zero-order valence-electron chi connectivity index (χ0n) is 17.9. The van der Waals surface area contributed by atoms with Crippen molar-refractivity contribution in [2.24, 2.45) is 0 Å². The summed E-state index contributed by atoms with van der Waals surface area (Å²) in [6.45, 7) is 2.08. The van der Waals surface area contributed by atoms with E-state index < -0.39 is 9.84 Å². The Hall–Kier alpha value is -2.00. The fourth-order valence-corrected chi connectivity index (χ4v) is 7.35. The second-order valence-corrected chi connectivity index (χ2v) is 11.6. The van der Waals surface area contributed by atoms with E-state index in [9.17, 15) is 13.2 Å². The Labute approximate surface area is 183 Å². The van der Waals surface area contributed by atoms with E-state index in [-0.39, 0.29) is 29.5 Å². The Kier molecular flexibility index (Phi) is 5.73. The van der Waals surface area contributed by atoms with Gasteiger partial charge in [-0.1, -0.05) is 18.9 Å². The van der Waals surface area contributed by atoms with E-state index in [2.05, 4.69) is 19.5 Å². The Morgan fingerprint density at radius 3 is 2.52 bits per heavy atom. The number of fused-ring (bicyclic) bond motifs is 1. The minimum absolute atomic E-state index is 0.111. The van der Waals surface area contributed by atoms with Crippen molar-refractivity contribution < 1.29 is 13.2 Å². The summed E-state index contributed by atoms with van der Waals surface area (Å²) in [4.78, 5) is 17.5. The van der Waals surface area contributed by atoms with Crippen LogP contribution in [-0.2, 0) is 14.6 Å². The predicted molar refractivity (Wildman–Crippen MR) is 118 cm³/mol. The van der Waals surface area contributed by atoms with Crippen LogP contribution < -0.4 is 0 Å². The minimum atomic E-state index is -3.01. The third kappa shape index (κ3) is 4.35. The zero-order valence-corrected chi connectivity index (χ0v) is 18.7. The first-order valence-electron chi connectivity index (χ1n) is 11.5. The molecule has 2 aromatic heterocycles. The average Bonchev–Trinajstić information content (AvgIpc) is 3.49. The maximum Gasteiger partial charge on any atom is 0.237 e. The van der Waals surface area contributed by atoms with Crippen LogP contribution in [0.4, 0.5) is 0 Å². The molecule has 3 fully saturated rings. The van der Waals surface area contributed by atoms with Crippen molar-refractivity contribution in [3.8, 4) is 0 Å². The molecular formula is C22H31N5O3S. The van der Waals surface area contributed by atoms with Gasteiger partial charge in [-0.2, -0.15) is 0 Å². The lowest BCUT2D eigenvalue weighted by molar-refractivity contribution is -0.137.